The first kappa shape index (κ1) is 32.8. The van der Waals surface area contributed by atoms with Crippen LogP contribution in [0.2, 0.25) is 0 Å². The van der Waals surface area contributed by atoms with Crippen molar-refractivity contribution in [3.63, 3.8) is 0 Å². The second-order valence-corrected chi connectivity index (χ2v) is 14.5. The molecule has 0 fully saturated rings. The lowest BCUT2D eigenvalue weighted by atomic mass is 9.96. The van der Waals surface area contributed by atoms with Crippen LogP contribution in [-0.4, -0.2) is 15.2 Å². The summed E-state index contributed by atoms with van der Waals surface area (Å²) in [6.45, 7) is 4.65. The number of para-hydroxylation sites is 5. The van der Waals surface area contributed by atoms with Crippen molar-refractivity contribution in [1.29, 1.82) is 0 Å². The largest absolute Gasteiger partial charge is 0.333 e. The van der Waals surface area contributed by atoms with Gasteiger partial charge in [0.2, 0.25) is 0 Å². The average molecular weight is 708 g/mol. The summed E-state index contributed by atoms with van der Waals surface area (Å²) in [5, 5.41) is 1.24. The number of benzene rings is 6. The normalized spacial score (nSPS) is 16.1. The highest BCUT2D eigenvalue weighted by atomic mass is 15.2. The molecule has 0 spiro atoms. The molecule has 3 nitrogen and oxygen atoms in total. The molecule has 8 aromatic rings. The molecule has 3 heterocycles. The summed E-state index contributed by atoms with van der Waals surface area (Å²) in [7, 11) is 0. The van der Waals surface area contributed by atoms with Crippen molar-refractivity contribution in [2.45, 2.75) is 26.3 Å². The number of fused-ring (bicyclic) bond motifs is 4. The van der Waals surface area contributed by atoms with Crippen LogP contribution < -0.4 is 4.90 Å². The molecule has 1 unspecified atom stereocenters. The molecule has 264 valence electrons. The highest BCUT2D eigenvalue weighted by Gasteiger charge is 2.34. The van der Waals surface area contributed by atoms with Gasteiger partial charge in [0.15, 0.2) is 0 Å². The van der Waals surface area contributed by atoms with Crippen molar-refractivity contribution in [3.05, 3.63) is 216 Å². The number of nitrogens with zero attached hydrogens (tertiary/aromatic N) is 3. The maximum atomic E-state index is 2.56. The fourth-order valence-electron chi connectivity index (χ4n) is 8.88. The van der Waals surface area contributed by atoms with E-state index in [1.54, 1.807) is 0 Å². The lowest BCUT2D eigenvalue weighted by molar-refractivity contribution is 0.916. The Balaban J connectivity index is 1.19. The lowest BCUT2D eigenvalue weighted by Crippen LogP contribution is -2.24. The molecule has 0 radical (unpaired) electrons. The van der Waals surface area contributed by atoms with Crippen molar-refractivity contribution in [3.8, 4) is 11.4 Å². The third-order valence-electron chi connectivity index (χ3n) is 11.4. The smallest absolute Gasteiger partial charge is 0.0801 e. The SMILES string of the molecule is Cc1c(/C=C2/c3ccccc3N(c3ccccc3C3=CC(c4ccccc4)=CC=CC3)C2C)c2c(c3ccccc3n2-c2ccccc2)n1-c1ccccc1. The van der Waals surface area contributed by atoms with Gasteiger partial charge in [-0.15, -0.1) is 0 Å². The van der Waals surface area contributed by atoms with E-state index in [1.165, 1.54) is 78.0 Å². The van der Waals surface area contributed by atoms with E-state index >= 15 is 0 Å². The maximum absolute atomic E-state index is 2.56. The van der Waals surface area contributed by atoms with Gasteiger partial charge < -0.3 is 14.0 Å². The van der Waals surface area contributed by atoms with Gasteiger partial charge in [0, 0.05) is 50.5 Å². The molecule has 1 aliphatic carbocycles. The summed E-state index contributed by atoms with van der Waals surface area (Å²) in [6.07, 6.45) is 12.5. The Morgan fingerprint density at radius 2 is 1.16 bits per heavy atom. The molecule has 0 saturated heterocycles. The molecule has 2 aromatic heterocycles. The summed E-state index contributed by atoms with van der Waals surface area (Å²) in [5.74, 6) is 0. The minimum atomic E-state index is 0.0775. The molecule has 0 amide bonds. The minimum Gasteiger partial charge on any atom is -0.333 e. The van der Waals surface area contributed by atoms with Crippen LogP contribution in [0.25, 0.3) is 56.1 Å². The van der Waals surface area contributed by atoms with Crippen molar-refractivity contribution in [2.75, 3.05) is 4.90 Å². The molecule has 10 rings (SSSR count). The molecule has 1 atom stereocenters. The Morgan fingerprint density at radius 1 is 0.582 bits per heavy atom. The monoisotopic (exact) mass is 707 g/mol. The zero-order valence-corrected chi connectivity index (χ0v) is 31.1. The lowest BCUT2D eigenvalue weighted by Gasteiger charge is -2.28. The van der Waals surface area contributed by atoms with Gasteiger partial charge >= 0.3 is 0 Å². The molecular weight excluding hydrogens is 667 g/mol. The Morgan fingerprint density at radius 3 is 1.89 bits per heavy atom. The molecule has 3 heteroatoms. The fourth-order valence-corrected chi connectivity index (χ4v) is 8.88. The Hall–Kier alpha value is -6.84. The summed E-state index contributed by atoms with van der Waals surface area (Å²) in [4.78, 5) is 2.56. The Bertz CT molecular complexity index is 2850. The van der Waals surface area contributed by atoms with Gasteiger partial charge in [0.05, 0.1) is 22.6 Å². The summed E-state index contributed by atoms with van der Waals surface area (Å²) < 4.78 is 4.93. The zero-order valence-electron chi connectivity index (χ0n) is 31.1. The van der Waals surface area contributed by atoms with Gasteiger partial charge in [-0.25, -0.2) is 0 Å². The van der Waals surface area contributed by atoms with E-state index in [0.29, 0.717) is 0 Å². The predicted molar refractivity (Wildman–Crippen MR) is 233 cm³/mol. The highest BCUT2D eigenvalue weighted by molar-refractivity contribution is 6.14. The standard InChI is InChI=1S/C52H41N3/c1-36-46(35-47-37(2)53(41-24-8-4-9-25-41)51-45-30-16-19-33-50(45)55(52(47)51)42-26-10-5-11-27-42)44-29-15-18-32-49(44)54(36)48-31-17-14-28-43(48)40-23-13-12-22-39(34-40)38-20-6-3-7-21-38/h3-22,24-36H,23H2,1-2H3/b46-35+. The third-order valence-corrected chi connectivity index (χ3v) is 11.4. The van der Waals surface area contributed by atoms with E-state index in [0.717, 1.165) is 17.8 Å². The fraction of sp³-hybridized carbons (Fsp3) is 0.0769. The van der Waals surface area contributed by atoms with Crippen molar-refractivity contribution < 1.29 is 0 Å². The number of hydrogen-bond donors (Lipinski definition) is 0. The Kier molecular flexibility index (Phi) is 8.07. The quantitative estimate of drug-likeness (QED) is 0.168. The number of aromatic nitrogens is 2. The van der Waals surface area contributed by atoms with Crippen LogP contribution in [0.5, 0.6) is 0 Å². The second-order valence-electron chi connectivity index (χ2n) is 14.5. The van der Waals surface area contributed by atoms with Crippen molar-refractivity contribution in [2.24, 2.45) is 0 Å². The molecule has 6 aromatic carbocycles. The van der Waals surface area contributed by atoms with E-state index in [4.69, 9.17) is 0 Å². The van der Waals surface area contributed by atoms with E-state index in [2.05, 4.69) is 222 Å². The average Bonchev–Trinajstić information content (AvgIpc) is 3.72. The van der Waals surface area contributed by atoms with Gasteiger partial charge in [-0.05, 0) is 91.1 Å². The molecule has 0 bridgehead atoms. The first-order chi connectivity index (χ1) is 27.2. The molecule has 0 saturated carbocycles. The topological polar surface area (TPSA) is 13.1 Å². The van der Waals surface area contributed by atoms with Gasteiger partial charge in [0.1, 0.15) is 0 Å². The van der Waals surface area contributed by atoms with E-state index in [-0.39, 0.29) is 6.04 Å². The van der Waals surface area contributed by atoms with Gasteiger partial charge in [0.25, 0.3) is 0 Å². The maximum Gasteiger partial charge on any atom is 0.0801 e. The molecule has 1 aliphatic heterocycles. The number of rotatable bonds is 6. The van der Waals surface area contributed by atoms with Crippen LogP contribution in [0, 0.1) is 6.92 Å². The first-order valence-electron chi connectivity index (χ1n) is 19.2. The molecule has 55 heavy (non-hydrogen) atoms. The number of anilines is 2. The van der Waals surface area contributed by atoms with Crippen LogP contribution in [0.1, 0.15) is 41.3 Å². The van der Waals surface area contributed by atoms with Crippen LogP contribution in [0.15, 0.2) is 188 Å². The van der Waals surface area contributed by atoms with Crippen molar-refractivity contribution in [1.82, 2.24) is 9.13 Å². The summed E-state index contributed by atoms with van der Waals surface area (Å²) >= 11 is 0. The molecular formula is C52H41N3. The van der Waals surface area contributed by atoms with E-state index in [9.17, 15) is 0 Å². The zero-order chi connectivity index (χ0) is 36.9. The van der Waals surface area contributed by atoms with Crippen LogP contribution in [0.3, 0.4) is 0 Å². The minimum absolute atomic E-state index is 0.0775. The predicted octanol–water partition coefficient (Wildman–Crippen LogP) is 13.4. The third kappa shape index (κ3) is 5.42. The summed E-state index contributed by atoms with van der Waals surface area (Å²) in [6, 6.07) is 59.2. The highest BCUT2D eigenvalue weighted by Crippen LogP contribution is 2.49. The van der Waals surface area contributed by atoms with Crippen LogP contribution in [-0.2, 0) is 0 Å². The van der Waals surface area contributed by atoms with Crippen LogP contribution >= 0.6 is 0 Å². The number of hydrogen-bond acceptors (Lipinski definition) is 1. The second kappa shape index (κ2) is 13.5. The van der Waals surface area contributed by atoms with Crippen LogP contribution in [0.4, 0.5) is 11.4 Å². The summed E-state index contributed by atoms with van der Waals surface area (Å²) in [5.41, 5.74) is 18.5. The van der Waals surface area contributed by atoms with Gasteiger partial charge in [-0.1, -0.05) is 146 Å². The van der Waals surface area contributed by atoms with E-state index < -0.39 is 0 Å². The van der Waals surface area contributed by atoms with E-state index in [1.807, 2.05) is 0 Å². The van der Waals surface area contributed by atoms with Gasteiger partial charge in [-0.2, -0.15) is 0 Å². The van der Waals surface area contributed by atoms with Crippen molar-refractivity contribution >= 4 is 56.1 Å². The number of allylic oxidation sites excluding steroid dienone is 6. The Labute approximate surface area is 322 Å². The van der Waals surface area contributed by atoms with Gasteiger partial charge in [-0.3, -0.25) is 0 Å². The molecule has 0 N–H and O–H groups in total. The molecule has 2 aliphatic rings. The first-order valence-corrected chi connectivity index (χ1v) is 19.2.